The third kappa shape index (κ3) is 2.94. The van der Waals surface area contributed by atoms with Crippen LogP contribution in [0.5, 0.6) is 0 Å². The van der Waals surface area contributed by atoms with Crippen molar-refractivity contribution in [3.63, 3.8) is 0 Å². The molecule has 1 aromatic heterocycles. The Morgan fingerprint density at radius 3 is 2.76 bits per heavy atom. The average molecular weight is 297 g/mol. The number of hydrogen-bond acceptors (Lipinski definition) is 4. The van der Waals surface area contributed by atoms with Crippen LogP contribution in [0.1, 0.15) is 16.6 Å². The van der Waals surface area contributed by atoms with Crippen molar-refractivity contribution in [2.45, 2.75) is 13.0 Å². The first-order valence-corrected chi connectivity index (χ1v) is 7.44. The van der Waals surface area contributed by atoms with Crippen LogP contribution in [-0.2, 0) is 4.79 Å². The van der Waals surface area contributed by atoms with Gasteiger partial charge in [0.15, 0.2) is 0 Å². The predicted octanol–water partition coefficient (Wildman–Crippen LogP) is 3.24. The quantitative estimate of drug-likeness (QED) is 0.780. The number of nitrogens with zero attached hydrogens (tertiary/aromatic N) is 1. The molecule has 0 saturated carbocycles. The number of benzene rings is 2. The van der Waals surface area contributed by atoms with Crippen LogP contribution in [0.3, 0.4) is 0 Å². The van der Waals surface area contributed by atoms with Crippen LogP contribution in [0.25, 0.3) is 10.2 Å². The molecule has 0 aliphatic rings. The zero-order chi connectivity index (χ0) is 14.8. The first-order valence-electron chi connectivity index (χ1n) is 6.62. The Balaban J connectivity index is 1.79. The van der Waals surface area contributed by atoms with Crippen LogP contribution in [0, 0.1) is 6.92 Å². The third-order valence-electron chi connectivity index (χ3n) is 3.20. The molecule has 21 heavy (non-hydrogen) atoms. The number of carbonyl (C=O) groups excluding carboxylic acids is 1. The van der Waals surface area contributed by atoms with Gasteiger partial charge in [-0.1, -0.05) is 30.3 Å². The maximum absolute atomic E-state index is 12.2. The second kappa shape index (κ2) is 5.63. The average Bonchev–Trinajstić information content (AvgIpc) is 2.86. The summed E-state index contributed by atoms with van der Waals surface area (Å²) in [6, 6.07) is 14.3. The topological polar surface area (TPSA) is 68.0 Å². The maximum atomic E-state index is 12.2. The molecule has 4 nitrogen and oxygen atoms in total. The van der Waals surface area contributed by atoms with Gasteiger partial charge in [-0.2, -0.15) is 0 Å². The van der Waals surface area contributed by atoms with Gasteiger partial charge in [0.05, 0.1) is 15.2 Å². The standard InChI is InChI=1S/C16H15N3OS/c1-10-18-13-8-7-12(9-14(13)21-10)19-16(20)15(17)11-5-3-2-4-6-11/h2-9,15H,17H2,1H3,(H,19,20)/t15-/m0/s1. The fourth-order valence-corrected chi connectivity index (χ4v) is 3.02. The Hall–Kier alpha value is -2.24. The third-order valence-corrected chi connectivity index (χ3v) is 4.14. The van der Waals surface area contributed by atoms with Crippen molar-refractivity contribution in [2.75, 3.05) is 5.32 Å². The van der Waals surface area contributed by atoms with Gasteiger partial charge in [-0.25, -0.2) is 4.98 Å². The van der Waals surface area contributed by atoms with E-state index in [1.54, 1.807) is 11.3 Å². The van der Waals surface area contributed by atoms with E-state index in [0.717, 1.165) is 26.5 Å². The number of rotatable bonds is 3. The van der Waals surface area contributed by atoms with Gasteiger partial charge in [0.2, 0.25) is 5.91 Å². The van der Waals surface area contributed by atoms with Gasteiger partial charge in [0.1, 0.15) is 6.04 Å². The predicted molar refractivity (Wildman–Crippen MR) is 86.4 cm³/mol. The Kier molecular flexibility index (Phi) is 3.68. The van der Waals surface area contributed by atoms with Crippen molar-refractivity contribution >= 4 is 33.1 Å². The molecule has 0 fully saturated rings. The molecule has 0 aliphatic carbocycles. The highest BCUT2D eigenvalue weighted by molar-refractivity contribution is 7.18. The van der Waals surface area contributed by atoms with Gasteiger partial charge in [-0.05, 0) is 30.7 Å². The zero-order valence-electron chi connectivity index (χ0n) is 11.5. The van der Waals surface area contributed by atoms with E-state index in [-0.39, 0.29) is 5.91 Å². The van der Waals surface area contributed by atoms with Crippen molar-refractivity contribution in [1.29, 1.82) is 0 Å². The second-order valence-electron chi connectivity index (χ2n) is 4.79. The molecule has 2 aromatic carbocycles. The van der Waals surface area contributed by atoms with Gasteiger partial charge in [-0.3, -0.25) is 4.79 Å². The Morgan fingerprint density at radius 2 is 2.00 bits per heavy atom. The number of nitrogens with one attached hydrogen (secondary N) is 1. The number of nitrogens with two attached hydrogens (primary N) is 1. The molecule has 3 N–H and O–H groups in total. The van der Waals surface area contributed by atoms with E-state index in [1.807, 2.05) is 55.5 Å². The van der Waals surface area contributed by atoms with Crippen molar-refractivity contribution < 1.29 is 4.79 Å². The molecule has 0 radical (unpaired) electrons. The summed E-state index contributed by atoms with van der Waals surface area (Å²) in [6.45, 7) is 1.97. The first kappa shape index (κ1) is 13.7. The van der Waals surface area contributed by atoms with Crippen LogP contribution in [0.4, 0.5) is 5.69 Å². The molecule has 0 aliphatic heterocycles. The van der Waals surface area contributed by atoms with E-state index >= 15 is 0 Å². The summed E-state index contributed by atoms with van der Waals surface area (Å²) in [7, 11) is 0. The van der Waals surface area contributed by atoms with E-state index in [9.17, 15) is 4.79 Å². The molecular weight excluding hydrogens is 282 g/mol. The lowest BCUT2D eigenvalue weighted by molar-refractivity contribution is -0.117. The van der Waals surface area contributed by atoms with Gasteiger partial charge in [0, 0.05) is 5.69 Å². The minimum atomic E-state index is -0.676. The van der Waals surface area contributed by atoms with Gasteiger partial charge in [-0.15, -0.1) is 11.3 Å². The Labute approximate surface area is 126 Å². The van der Waals surface area contributed by atoms with Crippen molar-refractivity contribution in [1.82, 2.24) is 4.98 Å². The number of aromatic nitrogens is 1. The molecule has 1 atom stereocenters. The molecular formula is C16H15N3OS. The van der Waals surface area contributed by atoms with Gasteiger partial charge in [0.25, 0.3) is 0 Å². The van der Waals surface area contributed by atoms with Crippen LogP contribution in [0.2, 0.25) is 0 Å². The van der Waals surface area contributed by atoms with Crippen molar-refractivity contribution in [2.24, 2.45) is 5.73 Å². The van der Waals surface area contributed by atoms with Crippen molar-refractivity contribution in [3.8, 4) is 0 Å². The summed E-state index contributed by atoms with van der Waals surface area (Å²) in [5.41, 5.74) is 8.46. The number of hydrogen-bond donors (Lipinski definition) is 2. The van der Waals surface area contributed by atoms with Gasteiger partial charge >= 0.3 is 0 Å². The summed E-state index contributed by atoms with van der Waals surface area (Å²) in [5.74, 6) is -0.221. The summed E-state index contributed by atoms with van der Waals surface area (Å²) in [4.78, 5) is 16.6. The molecule has 5 heteroatoms. The molecule has 3 aromatic rings. The van der Waals surface area contributed by atoms with Crippen LogP contribution in [-0.4, -0.2) is 10.9 Å². The number of thiazole rings is 1. The SMILES string of the molecule is Cc1nc2ccc(NC(=O)[C@@H](N)c3ccccc3)cc2s1. The Bertz CT molecular complexity index is 783. The lowest BCUT2D eigenvalue weighted by Gasteiger charge is -2.12. The summed E-state index contributed by atoms with van der Waals surface area (Å²) in [5, 5.41) is 3.87. The number of anilines is 1. The second-order valence-corrected chi connectivity index (χ2v) is 6.03. The summed E-state index contributed by atoms with van der Waals surface area (Å²) < 4.78 is 1.05. The largest absolute Gasteiger partial charge is 0.324 e. The van der Waals surface area contributed by atoms with E-state index in [4.69, 9.17) is 5.73 Å². The van der Waals surface area contributed by atoms with E-state index in [0.29, 0.717) is 0 Å². The Morgan fingerprint density at radius 1 is 1.24 bits per heavy atom. The minimum absolute atomic E-state index is 0.221. The number of carbonyl (C=O) groups is 1. The molecule has 0 bridgehead atoms. The zero-order valence-corrected chi connectivity index (χ0v) is 12.4. The fraction of sp³-hybridized carbons (Fsp3) is 0.125. The summed E-state index contributed by atoms with van der Waals surface area (Å²) >= 11 is 1.60. The molecule has 3 rings (SSSR count). The van der Waals surface area contributed by atoms with Crippen molar-refractivity contribution in [3.05, 3.63) is 59.1 Å². The number of fused-ring (bicyclic) bond motifs is 1. The highest BCUT2D eigenvalue weighted by Gasteiger charge is 2.15. The van der Waals surface area contributed by atoms with Crippen LogP contribution >= 0.6 is 11.3 Å². The van der Waals surface area contributed by atoms with E-state index in [1.165, 1.54) is 0 Å². The molecule has 1 amide bonds. The molecule has 0 unspecified atom stereocenters. The number of aryl methyl sites for hydroxylation is 1. The van der Waals surface area contributed by atoms with E-state index < -0.39 is 6.04 Å². The lowest BCUT2D eigenvalue weighted by atomic mass is 10.1. The minimum Gasteiger partial charge on any atom is -0.324 e. The molecule has 0 saturated heterocycles. The normalized spacial score (nSPS) is 12.3. The molecule has 0 spiro atoms. The maximum Gasteiger partial charge on any atom is 0.245 e. The lowest BCUT2D eigenvalue weighted by Crippen LogP contribution is -2.27. The number of amides is 1. The smallest absolute Gasteiger partial charge is 0.245 e. The highest BCUT2D eigenvalue weighted by Crippen LogP contribution is 2.25. The van der Waals surface area contributed by atoms with E-state index in [2.05, 4.69) is 10.3 Å². The summed E-state index contributed by atoms with van der Waals surface area (Å²) in [6.07, 6.45) is 0. The highest BCUT2D eigenvalue weighted by atomic mass is 32.1. The van der Waals surface area contributed by atoms with Crippen LogP contribution < -0.4 is 11.1 Å². The molecule has 106 valence electrons. The van der Waals surface area contributed by atoms with Gasteiger partial charge < -0.3 is 11.1 Å². The monoisotopic (exact) mass is 297 g/mol. The first-order chi connectivity index (χ1) is 10.1. The fourth-order valence-electron chi connectivity index (χ4n) is 2.15. The van der Waals surface area contributed by atoms with Crippen LogP contribution in [0.15, 0.2) is 48.5 Å². The molecule has 1 heterocycles.